The van der Waals surface area contributed by atoms with E-state index >= 15 is 0 Å². The maximum absolute atomic E-state index is 4.33. The van der Waals surface area contributed by atoms with Crippen molar-refractivity contribution in [2.75, 3.05) is 0 Å². The Labute approximate surface area is 104 Å². The Balaban J connectivity index is 2.10. The first-order valence-electron chi connectivity index (χ1n) is 6.10. The molecule has 0 bridgehead atoms. The van der Waals surface area contributed by atoms with E-state index in [-0.39, 0.29) is 0 Å². The standard InChI is InChI=1S/C15H18S/c16-12-15-9-5-4-8-14(15)11-10-13-6-2-1-3-7-13/h4-5,8-9,13,16H,1-3,6-7,12H2. The zero-order valence-corrected chi connectivity index (χ0v) is 10.5. The van der Waals surface area contributed by atoms with Gasteiger partial charge in [0.2, 0.25) is 0 Å². The molecule has 84 valence electrons. The first kappa shape index (κ1) is 11.6. The minimum atomic E-state index is 0.627. The number of benzene rings is 1. The molecule has 0 nitrogen and oxygen atoms in total. The second kappa shape index (κ2) is 6.01. The third-order valence-electron chi connectivity index (χ3n) is 3.20. The molecule has 0 unspecified atom stereocenters. The van der Waals surface area contributed by atoms with Crippen molar-refractivity contribution in [3.8, 4) is 11.8 Å². The molecule has 0 saturated heterocycles. The molecule has 1 aromatic carbocycles. The van der Waals surface area contributed by atoms with Crippen molar-refractivity contribution in [1.82, 2.24) is 0 Å². The van der Waals surface area contributed by atoms with Crippen molar-refractivity contribution >= 4 is 12.6 Å². The maximum Gasteiger partial charge on any atom is 0.0285 e. The summed E-state index contributed by atoms with van der Waals surface area (Å²) in [6, 6.07) is 8.31. The van der Waals surface area contributed by atoms with Crippen LogP contribution < -0.4 is 0 Å². The minimum absolute atomic E-state index is 0.627. The lowest BCUT2D eigenvalue weighted by Gasteiger charge is -2.15. The second-order valence-corrected chi connectivity index (χ2v) is 4.74. The van der Waals surface area contributed by atoms with E-state index in [0.717, 1.165) is 11.3 Å². The van der Waals surface area contributed by atoms with Gasteiger partial charge in [-0.2, -0.15) is 12.6 Å². The highest BCUT2D eigenvalue weighted by atomic mass is 32.1. The molecular weight excluding hydrogens is 212 g/mol. The van der Waals surface area contributed by atoms with E-state index in [9.17, 15) is 0 Å². The van der Waals surface area contributed by atoms with E-state index < -0.39 is 0 Å². The Bertz CT molecular complexity index is 391. The fourth-order valence-corrected chi connectivity index (χ4v) is 2.48. The monoisotopic (exact) mass is 230 g/mol. The van der Waals surface area contributed by atoms with Gasteiger partial charge in [-0.25, -0.2) is 0 Å². The van der Waals surface area contributed by atoms with E-state index in [1.165, 1.54) is 37.7 Å². The van der Waals surface area contributed by atoms with Crippen LogP contribution in [0.1, 0.15) is 43.2 Å². The zero-order valence-electron chi connectivity index (χ0n) is 9.58. The van der Waals surface area contributed by atoms with Crippen LogP contribution in [0.4, 0.5) is 0 Å². The van der Waals surface area contributed by atoms with E-state index in [2.05, 4.69) is 48.7 Å². The fraction of sp³-hybridized carbons (Fsp3) is 0.467. The van der Waals surface area contributed by atoms with Crippen LogP contribution in [0.3, 0.4) is 0 Å². The zero-order chi connectivity index (χ0) is 11.2. The normalized spacial score (nSPS) is 16.6. The van der Waals surface area contributed by atoms with Crippen molar-refractivity contribution < 1.29 is 0 Å². The van der Waals surface area contributed by atoms with E-state index in [4.69, 9.17) is 0 Å². The summed E-state index contributed by atoms with van der Waals surface area (Å²) in [5.74, 6) is 8.16. The summed E-state index contributed by atoms with van der Waals surface area (Å²) in [6.07, 6.45) is 6.68. The summed E-state index contributed by atoms with van der Waals surface area (Å²) < 4.78 is 0. The quantitative estimate of drug-likeness (QED) is 0.546. The summed E-state index contributed by atoms with van der Waals surface area (Å²) >= 11 is 4.33. The highest BCUT2D eigenvalue weighted by Crippen LogP contribution is 2.23. The third kappa shape index (κ3) is 3.06. The Kier molecular flexibility index (Phi) is 4.36. The molecule has 1 fully saturated rings. The molecule has 0 aliphatic heterocycles. The number of hydrogen-bond acceptors (Lipinski definition) is 1. The number of hydrogen-bond donors (Lipinski definition) is 1. The van der Waals surface area contributed by atoms with Crippen molar-refractivity contribution in [1.29, 1.82) is 0 Å². The summed E-state index contributed by atoms with van der Waals surface area (Å²) in [5.41, 5.74) is 2.40. The summed E-state index contributed by atoms with van der Waals surface area (Å²) in [4.78, 5) is 0. The van der Waals surface area contributed by atoms with Crippen LogP contribution in [0.15, 0.2) is 24.3 Å². The van der Waals surface area contributed by atoms with Gasteiger partial charge >= 0.3 is 0 Å². The first-order valence-corrected chi connectivity index (χ1v) is 6.73. The van der Waals surface area contributed by atoms with Crippen LogP contribution in [0.2, 0.25) is 0 Å². The molecule has 1 heteroatoms. The molecule has 0 heterocycles. The maximum atomic E-state index is 4.33. The smallest absolute Gasteiger partial charge is 0.0285 e. The molecule has 0 aromatic heterocycles. The average molecular weight is 230 g/mol. The number of rotatable bonds is 1. The van der Waals surface area contributed by atoms with Crippen LogP contribution >= 0.6 is 12.6 Å². The van der Waals surface area contributed by atoms with E-state index in [0.29, 0.717) is 5.92 Å². The molecule has 0 radical (unpaired) electrons. The van der Waals surface area contributed by atoms with Crippen LogP contribution in [-0.4, -0.2) is 0 Å². The Morgan fingerprint density at radius 1 is 1.12 bits per heavy atom. The van der Waals surface area contributed by atoms with E-state index in [1.54, 1.807) is 0 Å². The minimum Gasteiger partial charge on any atom is -0.175 e. The summed E-state index contributed by atoms with van der Waals surface area (Å²) in [5, 5.41) is 0. The van der Waals surface area contributed by atoms with Gasteiger partial charge in [-0.15, -0.1) is 0 Å². The topological polar surface area (TPSA) is 0 Å². The average Bonchev–Trinajstić information content (AvgIpc) is 2.38. The fourth-order valence-electron chi connectivity index (χ4n) is 2.21. The van der Waals surface area contributed by atoms with Crippen molar-refractivity contribution in [3.05, 3.63) is 35.4 Å². The van der Waals surface area contributed by atoms with Gasteiger partial charge in [-0.05, 0) is 24.5 Å². The van der Waals surface area contributed by atoms with Gasteiger partial charge in [-0.1, -0.05) is 49.3 Å². The summed E-state index contributed by atoms with van der Waals surface area (Å²) in [6.45, 7) is 0. The van der Waals surface area contributed by atoms with Gasteiger partial charge in [-0.3, -0.25) is 0 Å². The van der Waals surface area contributed by atoms with Crippen molar-refractivity contribution in [3.63, 3.8) is 0 Å². The molecule has 16 heavy (non-hydrogen) atoms. The Hall–Kier alpha value is -0.870. The lowest BCUT2D eigenvalue weighted by Crippen LogP contribution is -2.03. The van der Waals surface area contributed by atoms with Crippen molar-refractivity contribution in [2.45, 2.75) is 37.9 Å². The molecule has 0 spiro atoms. The van der Waals surface area contributed by atoms with Gasteiger partial charge in [0.1, 0.15) is 0 Å². The molecule has 0 amide bonds. The third-order valence-corrected chi connectivity index (χ3v) is 3.54. The molecule has 1 aromatic rings. The molecular formula is C15H18S. The molecule has 1 saturated carbocycles. The molecule has 0 N–H and O–H groups in total. The van der Waals surface area contributed by atoms with Gasteiger partial charge in [0.15, 0.2) is 0 Å². The largest absolute Gasteiger partial charge is 0.175 e. The summed E-state index contributed by atoms with van der Waals surface area (Å²) in [7, 11) is 0. The van der Waals surface area contributed by atoms with Gasteiger partial charge in [0.05, 0.1) is 0 Å². The molecule has 0 atom stereocenters. The molecule has 2 rings (SSSR count). The van der Waals surface area contributed by atoms with Crippen LogP contribution in [-0.2, 0) is 5.75 Å². The van der Waals surface area contributed by atoms with Gasteiger partial charge in [0.25, 0.3) is 0 Å². The van der Waals surface area contributed by atoms with Crippen molar-refractivity contribution in [2.24, 2.45) is 5.92 Å². The second-order valence-electron chi connectivity index (χ2n) is 4.42. The predicted molar refractivity (Wildman–Crippen MR) is 72.6 cm³/mol. The number of thiol groups is 1. The van der Waals surface area contributed by atoms with Crippen LogP contribution in [0.25, 0.3) is 0 Å². The van der Waals surface area contributed by atoms with Crippen LogP contribution in [0.5, 0.6) is 0 Å². The Morgan fingerprint density at radius 2 is 1.88 bits per heavy atom. The van der Waals surface area contributed by atoms with E-state index in [1.807, 2.05) is 0 Å². The lowest BCUT2D eigenvalue weighted by atomic mass is 9.89. The SMILES string of the molecule is SCc1ccccc1C#CC1CCCCC1. The lowest BCUT2D eigenvalue weighted by molar-refractivity contribution is 0.430. The Morgan fingerprint density at radius 3 is 2.62 bits per heavy atom. The molecule has 1 aliphatic rings. The van der Waals surface area contributed by atoms with Gasteiger partial charge in [0, 0.05) is 17.2 Å². The molecule has 1 aliphatic carbocycles. The van der Waals surface area contributed by atoms with Gasteiger partial charge < -0.3 is 0 Å². The van der Waals surface area contributed by atoms with Crippen LogP contribution in [0, 0.1) is 17.8 Å². The predicted octanol–water partition coefficient (Wildman–Crippen LogP) is 4.05. The first-order chi connectivity index (χ1) is 7.90. The highest BCUT2D eigenvalue weighted by Gasteiger charge is 2.09. The highest BCUT2D eigenvalue weighted by molar-refractivity contribution is 7.79.